The van der Waals surface area contributed by atoms with E-state index in [0.717, 1.165) is 34.5 Å². The second-order valence-electron chi connectivity index (χ2n) is 6.77. The summed E-state index contributed by atoms with van der Waals surface area (Å²) in [7, 11) is 0. The molecule has 0 fully saturated rings. The van der Waals surface area contributed by atoms with Gasteiger partial charge in [0.25, 0.3) is 0 Å². The number of hydrogen-bond donors (Lipinski definition) is 1. The molecule has 28 heavy (non-hydrogen) atoms. The third kappa shape index (κ3) is 3.85. The molecule has 3 rings (SSSR count). The molecule has 0 unspecified atom stereocenters. The van der Waals surface area contributed by atoms with E-state index in [2.05, 4.69) is 36.1 Å². The van der Waals surface area contributed by atoms with Crippen molar-refractivity contribution >= 4 is 17.8 Å². The Balaban J connectivity index is 0.000000878. The van der Waals surface area contributed by atoms with Gasteiger partial charge >= 0.3 is 12.1 Å². The topological polar surface area (TPSA) is 102 Å². The van der Waals surface area contributed by atoms with Crippen molar-refractivity contribution in [2.45, 2.75) is 47.0 Å². The average molecular weight is 381 g/mol. The zero-order chi connectivity index (χ0) is 21.0. The number of nitrogens with zero attached hydrogens (tertiary/aromatic N) is 3. The quantitative estimate of drug-likeness (QED) is 0.737. The smallest absolute Gasteiger partial charge is 0.373 e. The molecule has 2 aromatic heterocycles. The van der Waals surface area contributed by atoms with E-state index in [4.69, 9.17) is 9.59 Å². The Morgan fingerprint density at radius 1 is 1.21 bits per heavy atom. The number of fused-ring (bicyclic) bond motifs is 1. The number of aromatic nitrogens is 3. The second-order valence-corrected chi connectivity index (χ2v) is 6.77. The van der Waals surface area contributed by atoms with Crippen LogP contribution in [0.2, 0.25) is 0 Å². The summed E-state index contributed by atoms with van der Waals surface area (Å²) in [6, 6.07) is 7.85. The minimum absolute atomic E-state index is 0.0592. The molecule has 0 aliphatic carbocycles. The lowest BCUT2D eigenvalue weighted by Crippen LogP contribution is -2.09. The monoisotopic (exact) mass is 381 g/mol. The maximum atomic E-state index is 11.6. The largest absolute Gasteiger partial charge is 0.477 e. The summed E-state index contributed by atoms with van der Waals surface area (Å²) in [5, 5.41) is 14.2. The van der Waals surface area contributed by atoms with Gasteiger partial charge in [-0.1, -0.05) is 39.0 Å². The Morgan fingerprint density at radius 2 is 1.86 bits per heavy atom. The third-order valence-electron chi connectivity index (χ3n) is 4.59. The molecule has 7 heteroatoms. The molecule has 0 bridgehead atoms. The number of carboxylic acids is 1. The third-order valence-corrected chi connectivity index (χ3v) is 4.59. The molecule has 0 aliphatic rings. The lowest BCUT2D eigenvalue weighted by atomic mass is 9.93. The number of aryl methyl sites for hydroxylation is 3. The Labute approximate surface area is 163 Å². The fourth-order valence-corrected chi connectivity index (χ4v) is 3.34. The predicted octanol–water partition coefficient (Wildman–Crippen LogP) is 3.81. The van der Waals surface area contributed by atoms with Crippen molar-refractivity contribution < 1.29 is 19.5 Å². The molecule has 2 heterocycles. The molecule has 0 atom stereocenters. The van der Waals surface area contributed by atoms with E-state index < -0.39 is 5.97 Å². The summed E-state index contributed by atoms with van der Waals surface area (Å²) in [5.41, 5.74) is 6.79. The van der Waals surface area contributed by atoms with Crippen LogP contribution in [0, 0.1) is 13.8 Å². The van der Waals surface area contributed by atoms with Crippen LogP contribution in [0.15, 0.2) is 24.3 Å². The second kappa shape index (κ2) is 8.59. The summed E-state index contributed by atoms with van der Waals surface area (Å²) in [5.74, 6) is -0.882. The summed E-state index contributed by atoms with van der Waals surface area (Å²) in [6.07, 6.45) is 1.14. The molecule has 0 saturated heterocycles. The van der Waals surface area contributed by atoms with Gasteiger partial charge in [-0.2, -0.15) is 14.7 Å². The van der Waals surface area contributed by atoms with Gasteiger partial charge in [0.2, 0.25) is 0 Å². The molecular weight excluding hydrogens is 358 g/mol. The van der Waals surface area contributed by atoms with E-state index in [1.807, 2.05) is 26.8 Å². The molecule has 3 aromatic rings. The number of carbonyl (C=O) groups is 1. The van der Waals surface area contributed by atoms with Crippen molar-refractivity contribution in [1.82, 2.24) is 14.6 Å². The van der Waals surface area contributed by atoms with Crippen molar-refractivity contribution in [3.05, 3.63) is 52.5 Å². The van der Waals surface area contributed by atoms with E-state index in [1.165, 1.54) is 5.56 Å². The fraction of sp³-hybridized carbons (Fsp3) is 0.333. The van der Waals surface area contributed by atoms with Gasteiger partial charge < -0.3 is 5.11 Å². The zero-order valence-electron chi connectivity index (χ0n) is 16.6. The minimum atomic E-state index is -1.02. The van der Waals surface area contributed by atoms with Gasteiger partial charge in [0, 0.05) is 5.69 Å². The summed E-state index contributed by atoms with van der Waals surface area (Å²) in [6.45, 7) is 10.2. The Bertz CT molecular complexity index is 1060. The van der Waals surface area contributed by atoms with Gasteiger partial charge in [-0.25, -0.2) is 14.3 Å². The highest BCUT2D eigenvalue weighted by Gasteiger charge is 2.22. The maximum Gasteiger partial charge on any atom is 0.373 e. The number of benzene rings is 1. The summed E-state index contributed by atoms with van der Waals surface area (Å²) < 4.78 is 1.80. The van der Waals surface area contributed by atoms with Gasteiger partial charge in [-0.3, -0.25) is 0 Å². The van der Waals surface area contributed by atoms with Gasteiger partial charge in [-0.05, 0) is 48.9 Å². The van der Waals surface area contributed by atoms with Crippen LogP contribution >= 0.6 is 0 Å². The molecule has 0 spiro atoms. The van der Waals surface area contributed by atoms with E-state index in [0.29, 0.717) is 5.65 Å². The highest BCUT2D eigenvalue weighted by molar-refractivity contribution is 5.89. The van der Waals surface area contributed by atoms with Crippen molar-refractivity contribution in [3.8, 4) is 11.1 Å². The standard InChI is InChI=1S/C20H23N3O2.CO2/c1-6-14-9-7-8-12(4)17(14)18-13(5)22-23-16(11(2)3)10-15(20(24)25)21-19(18)23;2-1-3/h7-11H,6H2,1-5H3,(H,24,25);. The van der Waals surface area contributed by atoms with Crippen LogP contribution in [-0.4, -0.2) is 31.8 Å². The number of rotatable bonds is 4. The van der Waals surface area contributed by atoms with Crippen LogP contribution in [0.1, 0.15) is 59.7 Å². The van der Waals surface area contributed by atoms with E-state index in [-0.39, 0.29) is 17.8 Å². The van der Waals surface area contributed by atoms with Gasteiger partial charge in [0.1, 0.15) is 0 Å². The maximum absolute atomic E-state index is 11.6. The average Bonchev–Trinajstić information content (AvgIpc) is 2.96. The van der Waals surface area contributed by atoms with Crippen LogP contribution in [-0.2, 0) is 16.0 Å². The molecule has 7 nitrogen and oxygen atoms in total. The van der Waals surface area contributed by atoms with E-state index in [9.17, 15) is 9.90 Å². The lowest BCUT2D eigenvalue weighted by Gasteiger charge is -2.12. The van der Waals surface area contributed by atoms with E-state index >= 15 is 0 Å². The lowest BCUT2D eigenvalue weighted by molar-refractivity contribution is -0.191. The number of carbonyl (C=O) groups excluding carboxylic acids is 2. The van der Waals surface area contributed by atoms with Crippen molar-refractivity contribution in [2.75, 3.05) is 0 Å². The molecule has 0 aliphatic heterocycles. The minimum Gasteiger partial charge on any atom is -0.477 e. The molecule has 146 valence electrons. The Kier molecular flexibility index (Phi) is 6.44. The Morgan fingerprint density at radius 3 is 2.39 bits per heavy atom. The van der Waals surface area contributed by atoms with Crippen LogP contribution in [0.3, 0.4) is 0 Å². The van der Waals surface area contributed by atoms with Crippen molar-refractivity contribution in [3.63, 3.8) is 0 Å². The Hall–Kier alpha value is -3.31. The number of aromatic carboxylic acids is 1. The van der Waals surface area contributed by atoms with Crippen LogP contribution in [0.25, 0.3) is 16.8 Å². The van der Waals surface area contributed by atoms with Gasteiger partial charge in [0.05, 0.1) is 11.3 Å². The predicted molar refractivity (Wildman–Crippen MR) is 103 cm³/mol. The van der Waals surface area contributed by atoms with Crippen LogP contribution in [0.5, 0.6) is 0 Å². The van der Waals surface area contributed by atoms with Gasteiger partial charge in [0.15, 0.2) is 11.3 Å². The fourth-order valence-electron chi connectivity index (χ4n) is 3.34. The molecule has 0 saturated carbocycles. The van der Waals surface area contributed by atoms with Crippen molar-refractivity contribution in [2.24, 2.45) is 0 Å². The van der Waals surface area contributed by atoms with E-state index in [1.54, 1.807) is 10.6 Å². The van der Waals surface area contributed by atoms with Crippen LogP contribution < -0.4 is 0 Å². The first-order valence-electron chi connectivity index (χ1n) is 8.98. The molecule has 0 amide bonds. The first kappa shape index (κ1) is 21.0. The summed E-state index contributed by atoms with van der Waals surface area (Å²) in [4.78, 5) is 32.3. The molecular formula is C21H23N3O4. The SMILES string of the molecule is CCc1cccc(C)c1-c1c(C)nn2c(C(C)C)cc(C(=O)O)nc12.O=C=O. The highest BCUT2D eigenvalue weighted by atomic mass is 16.4. The highest BCUT2D eigenvalue weighted by Crippen LogP contribution is 2.34. The molecule has 1 aromatic carbocycles. The summed E-state index contributed by atoms with van der Waals surface area (Å²) >= 11 is 0. The van der Waals surface area contributed by atoms with Crippen LogP contribution in [0.4, 0.5) is 0 Å². The molecule has 1 N–H and O–H groups in total. The number of hydrogen-bond acceptors (Lipinski definition) is 5. The first-order chi connectivity index (χ1) is 13.3. The first-order valence-corrected chi connectivity index (χ1v) is 8.98. The molecule has 0 radical (unpaired) electrons. The van der Waals surface area contributed by atoms with Gasteiger partial charge in [-0.15, -0.1) is 0 Å². The van der Waals surface area contributed by atoms with Crippen molar-refractivity contribution in [1.29, 1.82) is 0 Å². The normalized spacial score (nSPS) is 10.5. The zero-order valence-corrected chi connectivity index (χ0v) is 16.6. The number of carboxylic acid groups (broad SMARTS) is 1.